The summed E-state index contributed by atoms with van der Waals surface area (Å²) >= 11 is 0. The smallest absolute Gasteiger partial charge is 0.330 e. The summed E-state index contributed by atoms with van der Waals surface area (Å²) in [6.07, 6.45) is 0. The van der Waals surface area contributed by atoms with Crippen LogP contribution in [0.2, 0.25) is 0 Å². The summed E-state index contributed by atoms with van der Waals surface area (Å²) in [5.41, 5.74) is 6.94. The van der Waals surface area contributed by atoms with Crippen molar-refractivity contribution in [3.05, 3.63) is 24.3 Å². The van der Waals surface area contributed by atoms with Crippen molar-refractivity contribution in [2.24, 2.45) is 0 Å². The molecule has 1 heterocycles. The number of anilines is 1. The van der Waals surface area contributed by atoms with Crippen LogP contribution in [0.1, 0.15) is 13.0 Å². The van der Waals surface area contributed by atoms with Gasteiger partial charge in [0, 0.05) is 11.3 Å². The Bertz CT molecular complexity index is 534. The van der Waals surface area contributed by atoms with Crippen LogP contribution in [0.4, 0.5) is 5.69 Å². The lowest BCUT2D eigenvalue weighted by Gasteiger charge is -2.01. The predicted molar refractivity (Wildman–Crippen MR) is 60.0 cm³/mol. The Morgan fingerprint density at radius 2 is 2.06 bits per heavy atom. The Balaban J connectivity index is 2.29. The zero-order valence-corrected chi connectivity index (χ0v) is 9.11. The highest BCUT2D eigenvalue weighted by molar-refractivity contribution is 5.71. The van der Waals surface area contributed by atoms with Crippen LogP contribution in [0.5, 0.6) is 0 Å². The topological polar surface area (TPSA) is 107 Å². The molecule has 7 nitrogen and oxygen atoms in total. The molecule has 88 valence electrons. The summed E-state index contributed by atoms with van der Waals surface area (Å²) in [5, 5.41) is 20.3. The van der Waals surface area contributed by atoms with E-state index in [1.54, 1.807) is 24.3 Å². The van der Waals surface area contributed by atoms with Crippen molar-refractivity contribution in [2.75, 3.05) is 5.73 Å². The molecule has 0 fully saturated rings. The molecule has 0 aliphatic heterocycles. The molecule has 0 aliphatic rings. The van der Waals surface area contributed by atoms with E-state index in [1.807, 2.05) is 0 Å². The molecular formula is C10H11N5O2. The Morgan fingerprint density at radius 3 is 2.65 bits per heavy atom. The third-order valence-electron chi connectivity index (χ3n) is 2.30. The number of rotatable bonds is 3. The maximum Gasteiger partial charge on any atom is 0.330 e. The van der Waals surface area contributed by atoms with E-state index in [0.717, 1.165) is 10.4 Å². The molecule has 1 aromatic carbocycles. The summed E-state index contributed by atoms with van der Waals surface area (Å²) in [5.74, 6) is -0.635. The van der Waals surface area contributed by atoms with Gasteiger partial charge >= 0.3 is 5.97 Å². The average Bonchev–Trinajstić information content (AvgIpc) is 2.78. The normalized spacial score (nSPS) is 12.3. The van der Waals surface area contributed by atoms with Gasteiger partial charge in [-0.25, -0.2) is 4.79 Å². The molecule has 3 N–H and O–H groups in total. The molecule has 1 atom stereocenters. The zero-order chi connectivity index (χ0) is 12.4. The first-order valence-electron chi connectivity index (χ1n) is 4.96. The minimum Gasteiger partial charge on any atom is -0.480 e. The van der Waals surface area contributed by atoms with Crippen LogP contribution < -0.4 is 5.73 Å². The van der Waals surface area contributed by atoms with Crippen LogP contribution in [0, 0.1) is 0 Å². The van der Waals surface area contributed by atoms with Gasteiger partial charge in [-0.2, -0.15) is 0 Å². The quantitative estimate of drug-likeness (QED) is 0.750. The number of nitrogens with zero attached hydrogens (tertiary/aromatic N) is 4. The lowest BCUT2D eigenvalue weighted by atomic mass is 10.2. The van der Waals surface area contributed by atoms with Gasteiger partial charge in [-0.1, -0.05) is 0 Å². The molecule has 0 unspecified atom stereocenters. The third-order valence-corrected chi connectivity index (χ3v) is 2.30. The minimum atomic E-state index is -1.01. The van der Waals surface area contributed by atoms with Gasteiger partial charge in [-0.3, -0.25) is 0 Å². The fraction of sp³-hybridized carbons (Fsp3) is 0.200. The Kier molecular flexibility index (Phi) is 2.73. The molecule has 0 aliphatic carbocycles. The van der Waals surface area contributed by atoms with Crippen molar-refractivity contribution in [3.63, 3.8) is 0 Å². The van der Waals surface area contributed by atoms with Crippen LogP contribution in [0.15, 0.2) is 24.3 Å². The first kappa shape index (κ1) is 11.1. The zero-order valence-electron chi connectivity index (χ0n) is 9.11. The molecule has 0 bridgehead atoms. The summed E-state index contributed by atoms with van der Waals surface area (Å²) in [6, 6.07) is 6.10. The van der Waals surface area contributed by atoms with E-state index in [0.29, 0.717) is 11.5 Å². The fourth-order valence-corrected chi connectivity index (χ4v) is 1.24. The Hall–Kier alpha value is -2.44. The molecule has 0 amide bonds. The van der Waals surface area contributed by atoms with Crippen molar-refractivity contribution < 1.29 is 9.90 Å². The van der Waals surface area contributed by atoms with Gasteiger partial charge in [0.1, 0.15) is 0 Å². The van der Waals surface area contributed by atoms with Crippen molar-refractivity contribution >= 4 is 11.7 Å². The number of carbonyl (C=O) groups is 1. The van der Waals surface area contributed by atoms with Gasteiger partial charge in [-0.15, -0.1) is 15.0 Å². The van der Waals surface area contributed by atoms with Crippen LogP contribution in [0.25, 0.3) is 11.4 Å². The highest BCUT2D eigenvalue weighted by Crippen LogP contribution is 2.16. The number of hydrogen-bond donors (Lipinski definition) is 2. The van der Waals surface area contributed by atoms with Crippen molar-refractivity contribution in [3.8, 4) is 11.4 Å². The van der Waals surface area contributed by atoms with Crippen LogP contribution in [-0.2, 0) is 4.79 Å². The van der Waals surface area contributed by atoms with Gasteiger partial charge in [0.05, 0.1) is 0 Å². The molecule has 2 rings (SSSR count). The second-order valence-corrected chi connectivity index (χ2v) is 3.57. The summed E-state index contributed by atoms with van der Waals surface area (Å²) in [6.45, 7) is 1.48. The summed E-state index contributed by atoms with van der Waals surface area (Å²) < 4.78 is 0. The standard InChI is InChI=1S/C10H11N5O2/c1-6(10(16)17)15-13-9(12-14-15)7-2-4-8(11)5-3-7/h2-6H,11H2,1H3,(H,16,17)/t6-/m1/s1. The Labute approximate surface area is 96.9 Å². The lowest BCUT2D eigenvalue weighted by Crippen LogP contribution is -2.18. The van der Waals surface area contributed by atoms with Crippen LogP contribution >= 0.6 is 0 Å². The van der Waals surface area contributed by atoms with E-state index in [2.05, 4.69) is 15.4 Å². The van der Waals surface area contributed by atoms with Crippen molar-refractivity contribution in [1.82, 2.24) is 20.2 Å². The lowest BCUT2D eigenvalue weighted by molar-refractivity contribution is -0.141. The number of carboxylic acids is 1. The molecule has 7 heteroatoms. The fourth-order valence-electron chi connectivity index (χ4n) is 1.24. The number of tetrazole rings is 1. The highest BCUT2D eigenvalue weighted by atomic mass is 16.4. The molecular weight excluding hydrogens is 222 g/mol. The third kappa shape index (κ3) is 2.22. The van der Waals surface area contributed by atoms with Crippen molar-refractivity contribution in [1.29, 1.82) is 0 Å². The number of nitrogens with two attached hydrogens (primary N) is 1. The highest BCUT2D eigenvalue weighted by Gasteiger charge is 2.17. The maximum absolute atomic E-state index is 10.7. The van der Waals surface area contributed by atoms with Gasteiger partial charge < -0.3 is 10.8 Å². The minimum absolute atomic E-state index is 0.373. The molecule has 0 saturated carbocycles. The van der Waals surface area contributed by atoms with Gasteiger partial charge in [-0.05, 0) is 36.4 Å². The second kappa shape index (κ2) is 4.20. The summed E-state index contributed by atoms with van der Waals surface area (Å²) in [4.78, 5) is 11.8. The molecule has 0 spiro atoms. The molecule has 0 saturated heterocycles. The SMILES string of the molecule is C[C@H](C(=O)O)n1nnc(-c2ccc(N)cc2)n1. The average molecular weight is 233 g/mol. The first-order chi connectivity index (χ1) is 8.08. The maximum atomic E-state index is 10.7. The van der Waals surface area contributed by atoms with E-state index in [1.165, 1.54) is 6.92 Å². The molecule has 0 radical (unpaired) electrons. The van der Waals surface area contributed by atoms with E-state index in [4.69, 9.17) is 10.8 Å². The van der Waals surface area contributed by atoms with Gasteiger partial charge in [0.25, 0.3) is 0 Å². The van der Waals surface area contributed by atoms with E-state index >= 15 is 0 Å². The second-order valence-electron chi connectivity index (χ2n) is 3.57. The molecule has 1 aromatic heterocycles. The van der Waals surface area contributed by atoms with Crippen molar-refractivity contribution in [2.45, 2.75) is 13.0 Å². The van der Waals surface area contributed by atoms with Gasteiger partial charge in [0.2, 0.25) is 5.82 Å². The monoisotopic (exact) mass is 233 g/mol. The molecule has 2 aromatic rings. The van der Waals surface area contributed by atoms with Gasteiger partial charge in [0.15, 0.2) is 6.04 Å². The number of aromatic nitrogens is 4. The summed E-state index contributed by atoms with van der Waals surface area (Å²) in [7, 11) is 0. The van der Waals surface area contributed by atoms with Crippen LogP contribution in [-0.4, -0.2) is 31.3 Å². The van der Waals surface area contributed by atoms with Crippen LogP contribution in [0.3, 0.4) is 0 Å². The van der Waals surface area contributed by atoms with E-state index in [-0.39, 0.29) is 0 Å². The van der Waals surface area contributed by atoms with E-state index < -0.39 is 12.0 Å². The van der Waals surface area contributed by atoms with E-state index in [9.17, 15) is 4.79 Å². The number of nitrogen functional groups attached to an aromatic ring is 1. The first-order valence-corrected chi connectivity index (χ1v) is 4.96. The number of carboxylic acid groups (broad SMARTS) is 1. The number of hydrogen-bond acceptors (Lipinski definition) is 5. The number of benzene rings is 1. The largest absolute Gasteiger partial charge is 0.480 e. The Morgan fingerprint density at radius 1 is 1.41 bits per heavy atom. The predicted octanol–water partition coefficient (Wildman–Crippen LogP) is 0.568. The number of aliphatic carboxylic acids is 1. The molecule has 17 heavy (non-hydrogen) atoms.